The Bertz CT molecular complexity index is 520. The fourth-order valence-electron chi connectivity index (χ4n) is 1.84. The number of anilines is 1. The highest BCUT2D eigenvalue weighted by Crippen LogP contribution is 2.10. The van der Waals surface area contributed by atoms with Crippen molar-refractivity contribution in [1.82, 2.24) is 0 Å². The monoisotopic (exact) mass is 255 g/mol. The summed E-state index contributed by atoms with van der Waals surface area (Å²) in [6, 6.07) is 17.6. The third-order valence-electron chi connectivity index (χ3n) is 2.89. The number of hydrogen-bond donors (Lipinski definition) is 1. The van der Waals surface area contributed by atoms with Gasteiger partial charge in [0, 0.05) is 12.2 Å². The number of methoxy groups -OCH3 is 1. The minimum Gasteiger partial charge on any atom is -0.465 e. The van der Waals surface area contributed by atoms with Crippen LogP contribution in [0.4, 0.5) is 5.69 Å². The molecule has 0 radical (unpaired) electrons. The first-order valence-electron chi connectivity index (χ1n) is 6.26. The Morgan fingerprint density at radius 3 is 2.37 bits per heavy atom. The van der Waals surface area contributed by atoms with Crippen LogP contribution >= 0.6 is 0 Å². The van der Waals surface area contributed by atoms with E-state index in [4.69, 9.17) is 0 Å². The number of nitrogens with one attached hydrogen (secondary N) is 1. The van der Waals surface area contributed by atoms with Crippen LogP contribution in [-0.4, -0.2) is 19.6 Å². The maximum atomic E-state index is 11.3. The maximum Gasteiger partial charge on any atom is 0.337 e. The molecular formula is C16H17NO2. The van der Waals surface area contributed by atoms with Crippen LogP contribution in [0.3, 0.4) is 0 Å². The zero-order valence-corrected chi connectivity index (χ0v) is 10.9. The summed E-state index contributed by atoms with van der Waals surface area (Å²) < 4.78 is 4.66. The second-order valence-corrected chi connectivity index (χ2v) is 4.23. The summed E-state index contributed by atoms with van der Waals surface area (Å²) in [7, 11) is 1.38. The first kappa shape index (κ1) is 13.1. The van der Waals surface area contributed by atoms with Gasteiger partial charge in [0.05, 0.1) is 12.7 Å². The Labute approximate surface area is 113 Å². The number of hydrogen-bond acceptors (Lipinski definition) is 3. The molecule has 0 heterocycles. The van der Waals surface area contributed by atoms with Crippen molar-refractivity contribution in [3.8, 4) is 0 Å². The number of benzene rings is 2. The van der Waals surface area contributed by atoms with Crippen LogP contribution in [0, 0.1) is 0 Å². The van der Waals surface area contributed by atoms with Crippen LogP contribution in [0.25, 0.3) is 0 Å². The molecule has 3 heteroatoms. The minimum absolute atomic E-state index is 0.309. The number of rotatable bonds is 5. The molecule has 19 heavy (non-hydrogen) atoms. The molecule has 0 aliphatic carbocycles. The third kappa shape index (κ3) is 3.85. The lowest BCUT2D eigenvalue weighted by molar-refractivity contribution is 0.0601. The van der Waals surface area contributed by atoms with Crippen LogP contribution in [-0.2, 0) is 11.2 Å². The molecule has 0 aliphatic heterocycles. The summed E-state index contributed by atoms with van der Waals surface area (Å²) in [4.78, 5) is 11.3. The van der Waals surface area contributed by atoms with E-state index in [9.17, 15) is 4.79 Å². The summed E-state index contributed by atoms with van der Waals surface area (Å²) in [6.07, 6.45) is 0.972. The number of carbonyl (C=O) groups excluding carboxylic acids is 1. The molecule has 98 valence electrons. The zero-order chi connectivity index (χ0) is 13.5. The summed E-state index contributed by atoms with van der Waals surface area (Å²) in [6.45, 7) is 0.863. The van der Waals surface area contributed by atoms with E-state index in [1.54, 1.807) is 12.1 Å². The molecule has 0 bridgehead atoms. The SMILES string of the molecule is COC(=O)c1ccc(NCCc2ccccc2)cc1. The van der Waals surface area contributed by atoms with E-state index in [1.807, 2.05) is 30.3 Å². The van der Waals surface area contributed by atoms with E-state index >= 15 is 0 Å². The molecule has 2 aromatic carbocycles. The molecule has 0 aromatic heterocycles. The largest absolute Gasteiger partial charge is 0.465 e. The molecule has 0 fully saturated rings. The molecule has 2 rings (SSSR count). The lowest BCUT2D eigenvalue weighted by Gasteiger charge is -2.07. The van der Waals surface area contributed by atoms with Gasteiger partial charge in [-0.2, -0.15) is 0 Å². The van der Waals surface area contributed by atoms with Crippen LogP contribution in [0.1, 0.15) is 15.9 Å². The fourth-order valence-corrected chi connectivity index (χ4v) is 1.84. The van der Waals surface area contributed by atoms with Crippen molar-refractivity contribution in [2.24, 2.45) is 0 Å². The molecule has 0 atom stereocenters. The van der Waals surface area contributed by atoms with E-state index in [0.29, 0.717) is 5.56 Å². The molecule has 0 amide bonds. The molecular weight excluding hydrogens is 238 g/mol. The topological polar surface area (TPSA) is 38.3 Å². The van der Waals surface area contributed by atoms with Crippen molar-refractivity contribution in [3.63, 3.8) is 0 Å². The Kier molecular flexibility index (Phi) is 4.56. The lowest BCUT2D eigenvalue weighted by Crippen LogP contribution is -2.05. The standard InChI is InChI=1S/C16H17NO2/c1-19-16(18)14-7-9-15(10-8-14)17-12-11-13-5-3-2-4-6-13/h2-10,17H,11-12H2,1H3. The first-order valence-corrected chi connectivity index (χ1v) is 6.26. The van der Waals surface area contributed by atoms with Gasteiger partial charge in [0.2, 0.25) is 0 Å². The molecule has 3 nitrogen and oxygen atoms in total. The van der Waals surface area contributed by atoms with Crippen molar-refractivity contribution in [2.45, 2.75) is 6.42 Å². The maximum absolute atomic E-state index is 11.3. The normalized spacial score (nSPS) is 9.95. The molecule has 0 unspecified atom stereocenters. The Balaban J connectivity index is 1.85. The van der Waals surface area contributed by atoms with Crippen molar-refractivity contribution in [2.75, 3.05) is 19.0 Å². The van der Waals surface area contributed by atoms with E-state index < -0.39 is 0 Å². The molecule has 0 spiro atoms. The van der Waals surface area contributed by atoms with Gasteiger partial charge >= 0.3 is 5.97 Å². The summed E-state index contributed by atoms with van der Waals surface area (Å²) in [5, 5.41) is 3.33. The van der Waals surface area contributed by atoms with Crippen LogP contribution in [0.2, 0.25) is 0 Å². The van der Waals surface area contributed by atoms with E-state index in [0.717, 1.165) is 18.7 Å². The van der Waals surface area contributed by atoms with Crippen molar-refractivity contribution in [3.05, 3.63) is 65.7 Å². The van der Waals surface area contributed by atoms with Gasteiger partial charge in [-0.15, -0.1) is 0 Å². The van der Waals surface area contributed by atoms with Crippen molar-refractivity contribution < 1.29 is 9.53 Å². The number of carbonyl (C=O) groups is 1. The van der Waals surface area contributed by atoms with Crippen molar-refractivity contribution in [1.29, 1.82) is 0 Å². The second kappa shape index (κ2) is 6.59. The molecule has 2 aromatic rings. The highest BCUT2D eigenvalue weighted by Gasteiger charge is 2.03. The van der Waals surface area contributed by atoms with Gasteiger partial charge < -0.3 is 10.1 Å². The average Bonchev–Trinajstić information content (AvgIpc) is 2.48. The fraction of sp³-hybridized carbons (Fsp3) is 0.188. The smallest absolute Gasteiger partial charge is 0.337 e. The van der Waals surface area contributed by atoms with Gasteiger partial charge in [-0.25, -0.2) is 4.79 Å². The highest BCUT2D eigenvalue weighted by atomic mass is 16.5. The summed E-state index contributed by atoms with van der Waals surface area (Å²) >= 11 is 0. The molecule has 0 aliphatic rings. The van der Waals surface area contributed by atoms with Crippen LogP contribution in [0.15, 0.2) is 54.6 Å². The van der Waals surface area contributed by atoms with Gasteiger partial charge in [-0.05, 0) is 36.2 Å². The number of ether oxygens (including phenoxy) is 1. The molecule has 1 N–H and O–H groups in total. The van der Waals surface area contributed by atoms with Gasteiger partial charge in [0.25, 0.3) is 0 Å². The minimum atomic E-state index is -0.309. The first-order chi connectivity index (χ1) is 9.29. The molecule has 0 saturated carbocycles. The van der Waals surface area contributed by atoms with Crippen LogP contribution < -0.4 is 5.32 Å². The Morgan fingerprint density at radius 2 is 1.74 bits per heavy atom. The van der Waals surface area contributed by atoms with E-state index in [2.05, 4.69) is 22.2 Å². The third-order valence-corrected chi connectivity index (χ3v) is 2.89. The predicted molar refractivity (Wildman–Crippen MR) is 76.4 cm³/mol. The summed E-state index contributed by atoms with van der Waals surface area (Å²) in [5.74, 6) is -0.309. The van der Waals surface area contributed by atoms with Crippen LogP contribution in [0.5, 0.6) is 0 Å². The van der Waals surface area contributed by atoms with Gasteiger partial charge in [-0.1, -0.05) is 30.3 Å². The van der Waals surface area contributed by atoms with Crippen molar-refractivity contribution >= 4 is 11.7 Å². The van der Waals surface area contributed by atoms with E-state index in [1.165, 1.54) is 12.7 Å². The Morgan fingerprint density at radius 1 is 1.05 bits per heavy atom. The molecule has 0 saturated heterocycles. The highest BCUT2D eigenvalue weighted by molar-refractivity contribution is 5.89. The number of esters is 1. The predicted octanol–water partition coefficient (Wildman–Crippen LogP) is 3.13. The zero-order valence-electron chi connectivity index (χ0n) is 10.9. The average molecular weight is 255 g/mol. The lowest BCUT2D eigenvalue weighted by atomic mass is 10.1. The van der Waals surface area contributed by atoms with Gasteiger partial charge in [0.15, 0.2) is 0 Å². The van der Waals surface area contributed by atoms with E-state index in [-0.39, 0.29) is 5.97 Å². The van der Waals surface area contributed by atoms with Gasteiger partial charge in [-0.3, -0.25) is 0 Å². The second-order valence-electron chi connectivity index (χ2n) is 4.23. The Hall–Kier alpha value is -2.29. The quantitative estimate of drug-likeness (QED) is 0.834. The summed E-state index contributed by atoms with van der Waals surface area (Å²) in [5.41, 5.74) is 2.88. The van der Waals surface area contributed by atoms with Gasteiger partial charge in [0.1, 0.15) is 0 Å².